The molecule has 1 aliphatic rings. The second-order valence-corrected chi connectivity index (χ2v) is 2.35. The van der Waals surface area contributed by atoms with Crippen LogP contribution in [0, 0.1) is 0 Å². The predicted molar refractivity (Wildman–Crippen MR) is 39.5 cm³/mol. The number of carbonyl (C=O) groups excluding carboxylic acids is 1. The molecule has 56 valence electrons. The van der Waals surface area contributed by atoms with E-state index in [1.54, 1.807) is 4.90 Å². The van der Waals surface area contributed by atoms with Crippen molar-refractivity contribution >= 4 is 6.03 Å². The number of nitrogens with zero attached hydrogens (tertiary/aromatic N) is 1. The highest BCUT2D eigenvalue weighted by Crippen LogP contribution is 2.06. The van der Waals surface area contributed by atoms with E-state index in [2.05, 4.69) is 11.9 Å². The van der Waals surface area contributed by atoms with E-state index in [1.165, 1.54) is 6.20 Å². The van der Waals surface area contributed by atoms with Crippen molar-refractivity contribution < 1.29 is 4.79 Å². The first-order chi connectivity index (χ1) is 4.84. The highest BCUT2D eigenvalue weighted by Gasteiger charge is 2.15. The Hall–Kier alpha value is -0.990. The molecule has 1 rings (SSSR count). The summed E-state index contributed by atoms with van der Waals surface area (Å²) < 4.78 is 0. The highest BCUT2D eigenvalue weighted by molar-refractivity contribution is 5.75. The zero-order valence-corrected chi connectivity index (χ0v) is 5.97. The van der Waals surface area contributed by atoms with Crippen molar-refractivity contribution in [1.82, 2.24) is 10.2 Å². The Bertz CT molecular complexity index is 139. The Kier molecular flexibility index (Phi) is 2.31. The van der Waals surface area contributed by atoms with E-state index in [1.807, 2.05) is 0 Å². The van der Waals surface area contributed by atoms with Gasteiger partial charge in [0.1, 0.15) is 0 Å². The molecule has 1 saturated heterocycles. The first-order valence-corrected chi connectivity index (χ1v) is 3.51. The average molecular weight is 140 g/mol. The molecule has 3 heteroatoms. The third kappa shape index (κ3) is 1.50. The van der Waals surface area contributed by atoms with Gasteiger partial charge in [-0.1, -0.05) is 6.58 Å². The van der Waals surface area contributed by atoms with Gasteiger partial charge in [-0.3, -0.25) is 0 Å². The van der Waals surface area contributed by atoms with Crippen molar-refractivity contribution in [3.63, 3.8) is 0 Å². The lowest BCUT2D eigenvalue weighted by atomic mass is 10.4. The summed E-state index contributed by atoms with van der Waals surface area (Å²) in [6, 6.07) is -0.0208. The Morgan fingerprint density at radius 1 is 1.50 bits per heavy atom. The standard InChI is InChI=1S/C7H12N2O/c1-2-8-7(10)9-5-3-4-6-9/h2H,1,3-6H2,(H,8,10). The van der Waals surface area contributed by atoms with Gasteiger partial charge in [-0.25, -0.2) is 4.79 Å². The fourth-order valence-corrected chi connectivity index (χ4v) is 1.10. The molecule has 10 heavy (non-hydrogen) atoms. The number of carbonyl (C=O) groups is 1. The summed E-state index contributed by atoms with van der Waals surface area (Å²) in [7, 11) is 0. The van der Waals surface area contributed by atoms with Crippen LogP contribution in [0.15, 0.2) is 12.8 Å². The lowest BCUT2D eigenvalue weighted by molar-refractivity contribution is 0.212. The minimum Gasteiger partial charge on any atom is -0.325 e. The lowest BCUT2D eigenvalue weighted by Gasteiger charge is -2.13. The van der Waals surface area contributed by atoms with Gasteiger partial charge in [0, 0.05) is 13.1 Å². The number of amides is 2. The van der Waals surface area contributed by atoms with Gasteiger partial charge in [-0.2, -0.15) is 0 Å². The summed E-state index contributed by atoms with van der Waals surface area (Å²) in [6.07, 6.45) is 3.68. The van der Waals surface area contributed by atoms with Gasteiger partial charge in [0.25, 0.3) is 0 Å². The van der Waals surface area contributed by atoms with Crippen LogP contribution in [-0.4, -0.2) is 24.0 Å². The molecule has 1 fully saturated rings. The van der Waals surface area contributed by atoms with Crippen molar-refractivity contribution in [2.75, 3.05) is 13.1 Å². The quantitative estimate of drug-likeness (QED) is 0.577. The first-order valence-electron chi connectivity index (χ1n) is 3.51. The molecule has 0 saturated carbocycles. The normalized spacial score (nSPS) is 17.0. The number of hydrogen-bond donors (Lipinski definition) is 1. The molecule has 0 aromatic rings. The molecule has 0 aliphatic carbocycles. The fraction of sp³-hybridized carbons (Fsp3) is 0.571. The summed E-state index contributed by atoms with van der Waals surface area (Å²) >= 11 is 0. The lowest BCUT2D eigenvalue weighted by Crippen LogP contribution is -2.34. The Balaban J connectivity index is 2.32. The van der Waals surface area contributed by atoms with Crippen molar-refractivity contribution in [2.24, 2.45) is 0 Å². The van der Waals surface area contributed by atoms with E-state index in [0.29, 0.717) is 0 Å². The Labute approximate surface area is 60.7 Å². The molecular formula is C7H12N2O. The van der Waals surface area contributed by atoms with Crippen molar-refractivity contribution in [1.29, 1.82) is 0 Å². The van der Waals surface area contributed by atoms with Gasteiger partial charge in [0.05, 0.1) is 0 Å². The van der Waals surface area contributed by atoms with Crippen LogP contribution in [0.4, 0.5) is 4.79 Å². The molecule has 3 nitrogen and oxygen atoms in total. The molecule has 2 amide bonds. The topological polar surface area (TPSA) is 32.3 Å². The van der Waals surface area contributed by atoms with Crippen LogP contribution in [0.25, 0.3) is 0 Å². The van der Waals surface area contributed by atoms with Crippen molar-refractivity contribution in [2.45, 2.75) is 12.8 Å². The molecule has 0 spiro atoms. The van der Waals surface area contributed by atoms with E-state index in [4.69, 9.17) is 0 Å². The maximum atomic E-state index is 11.0. The van der Waals surface area contributed by atoms with E-state index in [9.17, 15) is 4.79 Å². The molecule has 1 heterocycles. The zero-order chi connectivity index (χ0) is 7.40. The van der Waals surface area contributed by atoms with Gasteiger partial charge in [0.2, 0.25) is 0 Å². The minimum absolute atomic E-state index is 0.0208. The summed E-state index contributed by atoms with van der Waals surface area (Å²) in [6.45, 7) is 5.19. The molecule has 0 unspecified atom stereocenters. The third-order valence-corrected chi connectivity index (χ3v) is 1.62. The molecule has 0 atom stereocenters. The summed E-state index contributed by atoms with van der Waals surface area (Å²) in [5.41, 5.74) is 0. The maximum Gasteiger partial charge on any atom is 0.321 e. The molecule has 1 N–H and O–H groups in total. The SMILES string of the molecule is C=CNC(=O)N1CCCC1. The monoisotopic (exact) mass is 140 g/mol. The predicted octanol–water partition coefficient (Wildman–Crippen LogP) is 0.935. The summed E-state index contributed by atoms with van der Waals surface area (Å²) in [4.78, 5) is 12.8. The molecule has 1 aliphatic heterocycles. The van der Waals surface area contributed by atoms with Gasteiger partial charge >= 0.3 is 6.03 Å². The summed E-state index contributed by atoms with van der Waals surface area (Å²) in [5.74, 6) is 0. The van der Waals surface area contributed by atoms with E-state index < -0.39 is 0 Å². The Morgan fingerprint density at radius 3 is 2.60 bits per heavy atom. The number of nitrogens with one attached hydrogen (secondary N) is 1. The highest BCUT2D eigenvalue weighted by atomic mass is 16.2. The first kappa shape index (κ1) is 7.12. The summed E-state index contributed by atoms with van der Waals surface area (Å²) in [5, 5.41) is 2.54. The van der Waals surface area contributed by atoms with Crippen LogP contribution in [0.1, 0.15) is 12.8 Å². The van der Waals surface area contributed by atoms with Gasteiger partial charge in [0.15, 0.2) is 0 Å². The minimum atomic E-state index is -0.0208. The molecule has 0 bridgehead atoms. The van der Waals surface area contributed by atoms with Gasteiger partial charge < -0.3 is 10.2 Å². The smallest absolute Gasteiger partial charge is 0.321 e. The molecule has 0 radical (unpaired) electrons. The second kappa shape index (κ2) is 3.25. The number of urea groups is 1. The van der Waals surface area contributed by atoms with Crippen LogP contribution in [0.5, 0.6) is 0 Å². The van der Waals surface area contributed by atoms with Gasteiger partial charge in [-0.05, 0) is 19.0 Å². The number of likely N-dealkylation sites (tertiary alicyclic amines) is 1. The Morgan fingerprint density at radius 2 is 2.10 bits per heavy atom. The van der Waals surface area contributed by atoms with Crippen molar-refractivity contribution in [3.05, 3.63) is 12.8 Å². The number of rotatable bonds is 1. The molecule has 0 aromatic heterocycles. The van der Waals surface area contributed by atoms with E-state index in [0.717, 1.165) is 25.9 Å². The maximum absolute atomic E-state index is 11.0. The molecule has 0 aromatic carbocycles. The second-order valence-electron chi connectivity index (χ2n) is 2.35. The molecular weight excluding hydrogens is 128 g/mol. The van der Waals surface area contributed by atoms with Crippen LogP contribution >= 0.6 is 0 Å². The van der Waals surface area contributed by atoms with Gasteiger partial charge in [-0.15, -0.1) is 0 Å². The van der Waals surface area contributed by atoms with Crippen LogP contribution < -0.4 is 5.32 Å². The number of hydrogen-bond acceptors (Lipinski definition) is 1. The average Bonchev–Trinajstić information content (AvgIpc) is 2.38. The third-order valence-electron chi connectivity index (χ3n) is 1.62. The van der Waals surface area contributed by atoms with Crippen LogP contribution in [0.3, 0.4) is 0 Å². The van der Waals surface area contributed by atoms with E-state index in [-0.39, 0.29) is 6.03 Å². The largest absolute Gasteiger partial charge is 0.325 e. The van der Waals surface area contributed by atoms with Crippen molar-refractivity contribution in [3.8, 4) is 0 Å². The van der Waals surface area contributed by atoms with Crippen LogP contribution in [-0.2, 0) is 0 Å². The van der Waals surface area contributed by atoms with E-state index >= 15 is 0 Å². The van der Waals surface area contributed by atoms with Crippen LogP contribution in [0.2, 0.25) is 0 Å². The fourth-order valence-electron chi connectivity index (χ4n) is 1.10. The zero-order valence-electron chi connectivity index (χ0n) is 5.97.